The van der Waals surface area contributed by atoms with Crippen LogP contribution in [0.25, 0.3) is 0 Å². The fourth-order valence-electron chi connectivity index (χ4n) is 1.99. The van der Waals surface area contributed by atoms with Gasteiger partial charge in [-0.25, -0.2) is 0 Å². The lowest BCUT2D eigenvalue weighted by Gasteiger charge is -2.28. The second kappa shape index (κ2) is 6.47. The van der Waals surface area contributed by atoms with Crippen molar-refractivity contribution in [2.75, 3.05) is 7.05 Å². The zero-order chi connectivity index (χ0) is 16.2. The first kappa shape index (κ1) is 16.8. The number of rotatable bonds is 4. The van der Waals surface area contributed by atoms with Gasteiger partial charge in [-0.1, -0.05) is 20.8 Å². The highest BCUT2D eigenvalue weighted by molar-refractivity contribution is 6.45. The lowest BCUT2D eigenvalue weighted by molar-refractivity contribution is -0.126. The van der Waals surface area contributed by atoms with Gasteiger partial charge in [0.2, 0.25) is 5.91 Å². The third kappa shape index (κ3) is 4.11. The number of nitrogens with zero attached hydrogens (tertiary/aromatic N) is 2. The maximum absolute atomic E-state index is 12.4. The van der Waals surface area contributed by atoms with Crippen molar-refractivity contribution in [3.63, 3.8) is 0 Å². The normalized spacial score (nSPS) is 13.7. The van der Waals surface area contributed by atoms with E-state index in [4.69, 9.17) is 5.73 Å². The molecule has 6 heteroatoms. The SMILES string of the molecule is CN=C(C(=O)NC(C(N)=O)C(C)(C)C)c1cccnc1C. The topological polar surface area (TPSA) is 97.4 Å². The van der Waals surface area contributed by atoms with Gasteiger partial charge in [0.15, 0.2) is 0 Å². The van der Waals surface area contributed by atoms with Crippen LogP contribution >= 0.6 is 0 Å². The van der Waals surface area contributed by atoms with Crippen LogP contribution in [0.1, 0.15) is 32.0 Å². The van der Waals surface area contributed by atoms with Crippen molar-refractivity contribution in [2.45, 2.75) is 33.7 Å². The zero-order valence-electron chi connectivity index (χ0n) is 13.1. The van der Waals surface area contributed by atoms with E-state index < -0.39 is 23.3 Å². The van der Waals surface area contributed by atoms with Crippen molar-refractivity contribution >= 4 is 17.5 Å². The Bertz CT molecular complexity index is 573. The van der Waals surface area contributed by atoms with Gasteiger partial charge in [0.05, 0.1) is 0 Å². The lowest BCUT2D eigenvalue weighted by atomic mass is 9.86. The summed E-state index contributed by atoms with van der Waals surface area (Å²) in [5.74, 6) is -1.01. The molecule has 114 valence electrons. The van der Waals surface area contributed by atoms with Crippen LogP contribution in [0, 0.1) is 12.3 Å². The summed E-state index contributed by atoms with van der Waals surface area (Å²) in [6.45, 7) is 7.30. The largest absolute Gasteiger partial charge is 0.368 e. The molecule has 0 radical (unpaired) electrons. The van der Waals surface area contributed by atoms with E-state index in [-0.39, 0.29) is 5.71 Å². The molecule has 1 heterocycles. The Labute approximate surface area is 124 Å². The third-order valence-electron chi connectivity index (χ3n) is 3.13. The van der Waals surface area contributed by atoms with E-state index in [9.17, 15) is 9.59 Å². The summed E-state index contributed by atoms with van der Waals surface area (Å²) in [4.78, 5) is 32.1. The lowest BCUT2D eigenvalue weighted by Crippen LogP contribution is -2.53. The summed E-state index contributed by atoms with van der Waals surface area (Å²) in [5, 5.41) is 2.66. The Kier molecular flexibility index (Phi) is 5.18. The van der Waals surface area contributed by atoms with Gasteiger partial charge in [-0.2, -0.15) is 0 Å². The van der Waals surface area contributed by atoms with Crippen molar-refractivity contribution in [1.29, 1.82) is 0 Å². The van der Waals surface area contributed by atoms with E-state index in [1.807, 2.05) is 20.8 Å². The number of nitrogens with one attached hydrogen (secondary N) is 1. The van der Waals surface area contributed by atoms with E-state index >= 15 is 0 Å². The summed E-state index contributed by atoms with van der Waals surface area (Å²) in [5.41, 5.74) is 6.45. The summed E-state index contributed by atoms with van der Waals surface area (Å²) in [7, 11) is 1.53. The predicted octanol–water partition coefficient (Wildman–Crippen LogP) is 0.825. The van der Waals surface area contributed by atoms with Crippen molar-refractivity contribution in [3.05, 3.63) is 29.6 Å². The molecule has 6 nitrogen and oxygen atoms in total. The highest BCUT2D eigenvalue weighted by Gasteiger charge is 2.32. The van der Waals surface area contributed by atoms with E-state index in [1.54, 1.807) is 25.3 Å². The van der Waals surface area contributed by atoms with E-state index in [2.05, 4.69) is 15.3 Å². The smallest absolute Gasteiger partial charge is 0.270 e. The minimum atomic E-state index is -0.779. The number of carbonyl (C=O) groups is 2. The van der Waals surface area contributed by atoms with Crippen LogP contribution in [0.2, 0.25) is 0 Å². The summed E-state index contributed by atoms with van der Waals surface area (Å²) in [6, 6.07) is 2.72. The zero-order valence-corrected chi connectivity index (χ0v) is 13.1. The van der Waals surface area contributed by atoms with Gasteiger partial charge in [-0.3, -0.25) is 19.6 Å². The Morgan fingerprint density at radius 2 is 2.00 bits per heavy atom. The molecule has 1 aromatic rings. The first-order chi connectivity index (χ1) is 9.68. The van der Waals surface area contributed by atoms with Crippen molar-refractivity contribution < 1.29 is 9.59 Å². The number of pyridine rings is 1. The Balaban J connectivity index is 3.07. The minimum absolute atomic E-state index is 0.232. The van der Waals surface area contributed by atoms with Crippen LogP contribution in [-0.4, -0.2) is 35.6 Å². The van der Waals surface area contributed by atoms with Crippen molar-refractivity contribution in [2.24, 2.45) is 16.1 Å². The Morgan fingerprint density at radius 3 is 2.43 bits per heavy atom. The van der Waals surface area contributed by atoms with E-state index in [1.165, 1.54) is 7.05 Å². The van der Waals surface area contributed by atoms with Crippen LogP contribution in [0.4, 0.5) is 0 Å². The molecule has 0 saturated heterocycles. The summed E-state index contributed by atoms with van der Waals surface area (Å²) in [6.07, 6.45) is 1.64. The molecular formula is C15H22N4O2. The molecule has 2 amide bonds. The number of aliphatic imine (C=N–C) groups is 1. The Hall–Kier alpha value is -2.24. The molecule has 0 spiro atoms. The molecule has 21 heavy (non-hydrogen) atoms. The first-order valence-electron chi connectivity index (χ1n) is 6.67. The van der Waals surface area contributed by atoms with Gasteiger partial charge in [-0.15, -0.1) is 0 Å². The second-order valence-electron chi connectivity index (χ2n) is 5.88. The van der Waals surface area contributed by atoms with Crippen LogP contribution in [0.3, 0.4) is 0 Å². The molecule has 0 bridgehead atoms. The molecule has 1 unspecified atom stereocenters. The monoisotopic (exact) mass is 290 g/mol. The van der Waals surface area contributed by atoms with Crippen molar-refractivity contribution in [1.82, 2.24) is 10.3 Å². The molecule has 0 aromatic carbocycles. The molecular weight excluding hydrogens is 268 g/mol. The third-order valence-corrected chi connectivity index (χ3v) is 3.13. The molecule has 0 saturated carbocycles. The second-order valence-corrected chi connectivity index (χ2v) is 5.88. The number of hydrogen-bond donors (Lipinski definition) is 2. The Morgan fingerprint density at radius 1 is 1.38 bits per heavy atom. The molecule has 0 aliphatic carbocycles. The maximum atomic E-state index is 12.4. The van der Waals surface area contributed by atoms with Gasteiger partial charge >= 0.3 is 0 Å². The van der Waals surface area contributed by atoms with Gasteiger partial charge in [0, 0.05) is 24.5 Å². The molecule has 1 aromatic heterocycles. The summed E-state index contributed by atoms with van der Waals surface area (Å²) < 4.78 is 0. The average Bonchev–Trinajstić information content (AvgIpc) is 2.37. The number of aromatic nitrogens is 1. The molecule has 1 rings (SSSR count). The molecule has 3 N–H and O–H groups in total. The predicted molar refractivity (Wildman–Crippen MR) is 82.0 cm³/mol. The number of carbonyl (C=O) groups excluding carboxylic acids is 2. The molecule has 1 atom stereocenters. The van der Waals surface area contributed by atoms with Crippen LogP contribution in [-0.2, 0) is 9.59 Å². The van der Waals surface area contributed by atoms with E-state index in [0.29, 0.717) is 11.3 Å². The molecule has 0 fully saturated rings. The summed E-state index contributed by atoms with van der Waals surface area (Å²) >= 11 is 0. The standard InChI is InChI=1S/C15H22N4O2/c1-9-10(7-6-8-18-9)11(17-5)14(21)19-12(13(16)20)15(2,3)4/h6-8,12H,1-5H3,(H2,16,20)(H,19,21). The van der Waals surface area contributed by atoms with Crippen LogP contribution in [0.15, 0.2) is 23.3 Å². The highest BCUT2D eigenvalue weighted by Crippen LogP contribution is 2.19. The van der Waals surface area contributed by atoms with Crippen molar-refractivity contribution in [3.8, 4) is 0 Å². The number of primary amides is 1. The molecule has 0 aliphatic heterocycles. The van der Waals surface area contributed by atoms with Crippen LogP contribution in [0.5, 0.6) is 0 Å². The quantitative estimate of drug-likeness (QED) is 0.803. The van der Waals surface area contributed by atoms with E-state index in [0.717, 1.165) is 0 Å². The van der Waals surface area contributed by atoms with Gasteiger partial charge in [0.25, 0.3) is 5.91 Å². The number of nitrogens with two attached hydrogens (primary N) is 1. The fourth-order valence-corrected chi connectivity index (χ4v) is 1.99. The van der Waals surface area contributed by atoms with Crippen LogP contribution < -0.4 is 11.1 Å². The number of aryl methyl sites for hydroxylation is 1. The van der Waals surface area contributed by atoms with Gasteiger partial charge in [0.1, 0.15) is 11.8 Å². The van der Waals surface area contributed by atoms with Gasteiger partial charge < -0.3 is 11.1 Å². The number of amides is 2. The first-order valence-corrected chi connectivity index (χ1v) is 6.67. The molecule has 0 aliphatic rings. The minimum Gasteiger partial charge on any atom is -0.368 e. The highest BCUT2D eigenvalue weighted by atomic mass is 16.2. The average molecular weight is 290 g/mol. The maximum Gasteiger partial charge on any atom is 0.270 e. The fraction of sp³-hybridized carbons (Fsp3) is 0.467. The number of hydrogen-bond acceptors (Lipinski definition) is 4. The van der Waals surface area contributed by atoms with Gasteiger partial charge in [-0.05, 0) is 24.5 Å².